The van der Waals surface area contributed by atoms with Crippen molar-refractivity contribution in [2.24, 2.45) is 17.3 Å². The fourth-order valence-electron chi connectivity index (χ4n) is 6.06. The lowest BCUT2D eigenvalue weighted by Crippen LogP contribution is -2.42. The number of epoxide rings is 2. The molecule has 4 heteroatoms. The standard InChI is InChI=1S/C26H46O4/c1-20-11-12-25(30-19-24-18-29-24)26(2,21-9-7-5-3-4-6-8-10-21)14-13-22(15-20)27-16-23-17-28-23/h20-25H,3-19H2,1-2H3. The van der Waals surface area contributed by atoms with Crippen LogP contribution < -0.4 is 0 Å². The molecule has 4 aliphatic rings. The van der Waals surface area contributed by atoms with Crippen LogP contribution >= 0.6 is 0 Å². The molecule has 0 radical (unpaired) electrons. The van der Waals surface area contributed by atoms with E-state index < -0.39 is 0 Å². The maximum atomic E-state index is 6.68. The summed E-state index contributed by atoms with van der Waals surface area (Å²) in [5, 5.41) is 0. The van der Waals surface area contributed by atoms with Crippen LogP contribution in [0.2, 0.25) is 0 Å². The number of ether oxygens (including phenoxy) is 4. The second-order valence-electron chi connectivity index (χ2n) is 11.0. The molecule has 2 heterocycles. The molecule has 0 aromatic carbocycles. The lowest BCUT2D eigenvalue weighted by atomic mass is 9.65. The summed E-state index contributed by atoms with van der Waals surface area (Å²) in [6.45, 7) is 8.35. The maximum Gasteiger partial charge on any atom is 0.104 e. The molecule has 6 atom stereocenters. The highest BCUT2D eigenvalue weighted by molar-refractivity contribution is 4.93. The fourth-order valence-corrected chi connectivity index (χ4v) is 6.06. The summed E-state index contributed by atoms with van der Waals surface area (Å²) in [6.07, 6.45) is 18.7. The molecule has 6 unspecified atom stereocenters. The number of hydrogen-bond acceptors (Lipinski definition) is 4. The van der Waals surface area contributed by atoms with E-state index in [4.69, 9.17) is 18.9 Å². The Morgan fingerprint density at radius 2 is 1.37 bits per heavy atom. The fraction of sp³-hybridized carbons (Fsp3) is 1.00. The first-order chi connectivity index (χ1) is 14.6. The van der Waals surface area contributed by atoms with Crippen LogP contribution in [-0.4, -0.2) is 50.8 Å². The van der Waals surface area contributed by atoms with Crippen molar-refractivity contribution in [3.63, 3.8) is 0 Å². The molecule has 2 aliphatic heterocycles. The van der Waals surface area contributed by atoms with E-state index in [0.29, 0.717) is 30.3 Å². The van der Waals surface area contributed by atoms with Gasteiger partial charge in [0.1, 0.15) is 12.2 Å². The zero-order valence-electron chi connectivity index (χ0n) is 19.6. The molecule has 4 rings (SSSR count). The third-order valence-corrected chi connectivity index (χ3v) is 8.42. The van der Waals surface area contributed by atoms with Crippen LogP contribution in [0, 0.1) is 17.3 Å². The van der Waals surface area contributed by atoms with Crippen LogP contribution in [0.1, 0.15) is 97.3 Å². The van der Waals surface area contributed by atoms with Crippen molar-refractivity contribution in [2.75, 3.05) is 26.4 Å². The van der Waals surface area contributed by atoms with E-state index in [-0.39, 0.29) is 5.41 Å². The Labute approximate surface area is 184 Å². The van der Waals surface area contributed by atoms with Gasteiger partial charge >= 0.3 is 0 Å². The first kappa shape index (κ1) is 23.0. The van der Waals surface area contributed by atoms with Gasteiger partial charge in [-0.2, -0.15) is 0 Å². The topological polar surface area (TPSA) is 43.5 Å². The molecular formula is C26H46O4. The first-order valence-corrected chi connectivity index (χ1v) is 13.1. The van der Waals surface area contributed by atoms with Gasteiger partial charge in [-0.15, -0.1) is 0 Å². The van der Waals surface area contributed by atoms with Gasteiger partial charge in [0.15, 0.2) is 0 Å². The highest BCUT2D eigenvalue weighted by Gasteiger charge is 2.43. The molecule has 2 saturated carbocycles. The Hall–Kier alpha value is -0.160. The van der Waals surface area contributed by atoms with Crippen molar-refractivity contribution in [1.82, 2.24) is 0 Å². The molecule has 0 aromatic rings. The molecule has 2 saturated heterocycles. The SMILES string of the molecule is CC1CCC(OCC2CO2)C(C)(C2CCCCCCCC2)CCC(OCC2CO2)C1. The van der Waals surface area contributed by atoms with Crippen LogP contribution in [0.3, 0.4) is 0 Å². The van der Waals surface area contributed by atoms with Gasteiger partial charge in [0.05, 0.1) is 38.6 Å². The van der Waals surface area contributed by atoms with E-state index >= 15 is 0 Å². The van der Waals surface area contributed by atoms with Crippen molar-refractivity contribution >= 4 is 0 Å². The Kier molecular flexibility index (Phi) is 8.53. The molecule has 0 N–H and O–H groups in total. The third kappa shape index (κ3) is 6.92. The van der Waals surface area contributed by atoms with Gasteiger partial charge in [0.2, 0.25) is 0 Å². The predicted molar refractivity (Wildman–Crippen MR) is 120 cm³/mol. The van der Waals surface area contributed by atoms with Crippen molar-refractivity contribution in [2.45, 2.75) is 122 Å². The quantitative estimate of drug-likeness (QED) is 0.478. The zero-order chi connectivity index (χ0) is 20.8. The van der Waals surface area contributed by atoms with Gasteiger partial charge < -0.3 is 18.9 Å². The molecule has 0 amide bonds. The van der Waals surface area contributed by atoms with Crippen LogP contribution in [0.5, 0.6) is 0 Å². The van der Waals surface area contributed by atoms with E-state index in [9.17, 15) is 0 Å². The van der Waals surface area contributed by atoms with Crippen LogP contribution in [0.4, 0.5) is 0 Å². The molecule has 2 aliphatic carbocycles. The summed E-state index contributed by atoms with van der Waals surface area (Å²) in [6, 6.07) is 0. The van der Waals surface area contributed by atoms with Gasteiger partial charge in [-0.25, -0.2) is 0 Å². The Morgan fingerprint density at radius 3 is 2.00 bits per heavy atom. The third-order valence-electron chi connectivity index (χ3n) is 8.42. The van der Waals surface area contributed by atoms with Crippen LogP contribution in [0.25, 0.3) is 0 Å². The second kappa shape index (κ2) is 11.1. The monoisotopic (exact) mass is 422 g/mol. The molecule has 0 bridgehead atoms. The van der Waals surface area contributed by atoms with Crippen LogP contribution in [-0.2, 0) is 18.9 Å². The summed E-state index contributed by atoms with van der Waals surface area (Å²) in [7, 11) is 0. The average molecular weight is 423 g/mol. The van der Waals surface area contributed by atoms with E-state index in [0.717, 1.165) is 32.3 Å². The lowest BCUT2D eigenvalue weighted by Gasteiger charge is -2.44. The normalized spacial score (nSPS) is 41.6. The summed E-state index contributed by atoms with van der Waals surface area (Å²) in [4.78, 5) is 0. The second-order valence-corrected chi connectivity index (χ2v) is 11.0. The average Bonchev–Trinajstić information content (AvgIpc) is 3.65. The zero-order valence-corrected chi connectivity index (χ0v) is 19.6. The Bertz CT molecular complexity index is 493. The van der Waals surface area contributed by atoms with Gasteiger partial charge in [-0.3, -0.25) is 0 Å². The van der Waals surface area contributed by atoms with E-state index in [2.05, 4.69) is 13.8 Å². The molecule has 174 valence electrons. The van der Waals surface area contributed by atoms with Crippen molar-refractivity contribution in [1.29, 1.82) is 0 Å². The van der Waals surface area contributed by atoms with Crippen LogP contribution in [0.15, 0.2) is 0 Å². The van der Waals surface area contributed by atoms with E-state index in [1.165, 1.54) is 83.5 Å². The Morgan fingerprint density at radius 1 is 0.767 bits per heavy atom. The Balaban J connectivity index is 1.47. The summed E-state index contributed by atoms with van der Waals surface area (Å²) in [5.41, 5.74) is 0.251. The van der Waals surface area contributed by atoms with Crippen molar-refractivity contribution < 1.29 is 18.9 Å². The van der Waals surface area contributed by atoms with Gasteiger partial charge in [0, 0.05) is 0 Å². The summed E-state index contributed by atoms with van der Waals surface area (Å²) >= 11 is 0. The molecule has 30 heavy (non-hydrogen) atoms. The molecule has 4 fully saturated rings. The van der Waals surface area contributed by atoms with Crippen molar-refractivity contribution in [3.05, 3.63) is 0 Å². The molecule has 0 spiro atoms. The molecule has 4 nitrogen and oxygen atoms in total. The van der Waals surface area contributed by atoms with Gasteiger partial charge in [-0.05, 0) is 62.2 Å². The molecular weight excluding hydrogens is 376 g/mol. The molecule has 0 aromatic heterocycles. The highest BCUT2D eigenvalue weighted by Crippen LogP contribution is 2.47. The first-order valence-electron chi connectivity index (χ1n) is 13.1. The summed E-state index contributed by atoms with van der Waals surface area (Å²) in [5.74, 6) is 1.47. The van der Waals surface area contributed by atoms with E-state index in [1.54, 1.807) is 0 Å². The predicted octanol–water partition coefficient (Wildman–Crippen LogP) is 5.91. The van der Waals surface area contributed by atoms with E-state index in [1.807, 2.05) is 0 Å². The number of rotatable bonds is 7. The minimum Gasteiger partial charge on any atom is -0.375 e. The largest absolute Gasteiger partial charge is 0.375 e. The minimum absolute atomic E-state index is 0.251. The number of hydrogen-bond donors (Lipinski definition) is 0. The maximum absolute atomic E-state index is 6.68. The smallest absolute Gasteiger partial charge is 0.104 e. The van der Waals surface area contributed by atoms with Gasteiger partial charge in [-0.1, -0.05) is 52.4 Å². The summed E-state index contributed by atoms with van der Waals surface area (Å²) < 4.78 is 23.9. The minimum atomic E-state index is 0.251. The lowest BCUT2D eigenvalue weighted by molar-refractivity contribution is -0.0839. The highest BCUT2D eigenvalue weighted by atomic mass is 16.6. The van der Waals surface area contributed by atoms with Gasteiger partial charge in [0.25, 0.3) is 0 Å². The van der Waals surface area contributed by atoms with Crippen molar-refractivity contribution in [3.8, 4) is 0 Å².